The van der Waals surface area contributed by atoms with Crippen LogP contribution >= 0.6 is 0 Å². The number of nitriles is 1. The van der Waals surface area contributed by atoms with Crippen LogP contribution in [0.5, 0.6) is 11.5 Å². The van der Waals surface area contributed by atoms with Crippen molar-refractivity contribution in [1.82, 2.24) is 0 Å². The van der Waals surface area contributed by atoms with Gasteiger partial charge in [-0.25, -0.2) is 0 Å². The third-order valence-electron chi connectivity index (χ3n) is 3.88. The number of nitrogens with one attached hydrogen (secondary N) is 1. The molecular formula is C20H18N2O3. The fraction of sp³-hybridized carbons (Fsp3) is 0.200. The molecule has 0 unspecified atom stereocenters. The Bertz CT molecular complexity index is 894. The molecule has 0 aliphatic carbocycles. The molecule has 1 aliphatic heterocycles. The molecule has 1 N–H and O–H groups in total. The van der Waals surface area contributed by atoms with Crippen LogP contribution < -0.4 is 14.8 Å². The van der Waals surface area contributed by atoms with E-state index in [1.807, 2.05) is 38.1 Å². The Morgan fingerprint density at radius 2 is 1.88 bits per heavy atom. The largest absolute Gasteiger partial charge is 0.486 e. The summed E-state index contributed by atoms with van der Waals surface area (Å²) in [7, 11) is 0. The predicted octanol–water partition coefficient (Wildman–Crippen LogP) is 3.62. The number of ether oxygens (including phenoxy) is 2. The number of rotatable bonds is 3. The molecule has 1 aliphatic rings. The molecule has 25 heavy (non-hydrogen) atoms. The maximum atomic E-state index is 12.4. The number of amides is 1. The average Bonchev–Trinajstić information content (AvgIpc) is 2.62. The van der Waals surface area contributed by atoms with Gasteiger partial charge in [-0.05, 0) is 54.8 Å². The number of anilines is 1. The summed E-state index contributed by atoms with van der Waals surface area (Å²) in [6.07, 6.45) is 1.54. The van der Waals surface area contributed by atoms with E-state index in [1.165, 1.54) is 0 Å². The molecule has 2 aromatic rings. The minimum absolute atomic E-state index is 0.0255. The van der Waals surface area contributed by atoms with Crippen molar-refractivity contribution >= 4 is 17.7 Å². The summed E-state index contributed by atoms with van der Waals surface area (Å²) in [6, 6.07) is 13.1. The van der Waals surface area contributed by atoms with E-state index in [2.05, 4.69) is 5.32 Å². The van der Waals surface area contributed by atoms with Crippen LogP contribution in [0, 0.1) is 25.2 Å². The van der Waals surface area contributed by atoms with Crippen molar-refractivity contribution in [2.75, 3.05) is 18.5 Å². The number of fused-ring (bicyclic) bond motifs is 1. The second-order valence-electron chi connectivity index (χ2n) is 5.85. The first-order chi connectivity index (χ1) is 12.1. The number of benzene rings is 2. The molecule has 1 heterocycles. The molecule has 5 nitrogen and oxygen atoms in total. The van der Waals surface area contributed by atoms with Crippen molar-refractivity contribution in [3.8, 4) is 17.6 Å². The monoisotopic (exact) mass is 334 g/mol. The van der Waals surface area contributed by atoms with Gasteiger partial charge in [0.15, 0.2) is 11.5 Å². The lowest BCUT2D eigenvalue weighted by atomic mass is 10.1. The van der Waals surface area contributed by atoms with Crippen LogP contribution in [0.2, 0.25) is 0 Å². The fourth-order valence-corrected chi connectivity index (χ4v) is 2.53. The van der Waals surface area contributed by atoms with Crippen LogP contribution in [0.3, 0.4) is 0 Å². The molecule has 5 heteroatoms. The van der Waals surface area contributed by atoms with Gasteiger partial charge >= 0.3 is 0 Å². The highest BCUT2D eigenvalue weighted by molar-refractivity contribution is 6.10. The summed E-state index contributed by atoms with van der Waals surface area (Å²) in [5.74, 6) is 0.847. The predicted molar refractivity (Wildman–Crippen MR) is 95.6 cm³/mol. The Morgan fingerprint density at radius 3 is 2.64 bits per heavy atom. The van der Waals surface area contributed by atoms with Crippen LogP contribution in [-0.2, 0) is 4.79 Å². The van der Waals surface area contributed by atoms with E-state index in [-0.39, 0.29) is 5.57 Å². The molecule has 1 amide bonds. The number of carbonyl (C=O) groups excluding carboxylic acids is 1. The first-order valence-corrected chi connectivity index (χ1v) is 7.97. The molecule has 3 rings (SSSR count). The summed E-state index contributed by atoms with van der Waals surface area (Å²) < 4.78 is 11.0. The van der Waals surface area contributed by atoms with Gasteiger partial charge in [0.25, 0.3) is 5.91 Å². The minimum atomic E-state index is -0.439. The quantitative estimate of drug-likeness (QED) is 0.687. The normalized spacial score (nSPS) is 13.1. The zero-order valence-electron chi connectivity index (χ0n) is 14.1. The highest BCUT2D eigenvalue weighted by Crippen LogP contribution is 2.31. The van der Waals surface area contributed by atoms with Gasteiger partial charge in [0.2, 0.25) is 0 Å². The van der Waals surface area contributed by atoms with Gasteiger partial charge in [-0.3, -0.25) is 4.79 Å². The van der Waals surface area contributed by atoms with Gasteiger partial charge in [-0.15, -0.1) is 0 Å². The Kier molecular flexibility index (Phi) is 4.71. The molecule has 0 spiro atoms. The smallest absolute Gasteiger partial charge is 0.266 e. The molecule has 0 radical (unpaired) electrons. The zero-order chi connectivity index (χ0) is 17.8. The Hall–Kier alpha value is -3.26. The van der Waals surface area contributed by atoms with E-state index < -0.39 is 5.91 Å². The highest BCUT2D eigenvalue weighted by Gasteiger charge is 2.14. The van der Waals surface area contributed by atoms with Gasteiger partial charge in [-0.2, -0.15) is 5.26 Å². The van der Waals surface area contributed by atoms with E-state index in [9.17, 15) is 10.1 Å². The van der Waals surface area contributed by atoms with Gasteiger partial charge in [0.05, 0.1) is 0 Å². The van der Waals surface area contributed by atoms with Crippen molar-refractivity contribution in [1.29, 1.82) is 5.26 Å². The summed E-state index contributed by atoms with van der Waals surface area (Å²) >= 11 is 0. The molecule has 0 saturated carbocycles. The Morgan fingerprint density at radius 1 is 1.12 bits per heavy atom. The van der Waals surface area contributed by atoms with Crippen LogP contribution in [0.1, 0.15) is 16.7 Å². The third kappa shape index (κ3) is 3.81. The van der Waals surface area contributed by atoms with Crippen molar-refractivity contribution < 1.29 is 14.3 Å². The first-order valence-electron chi connectivity index (χ1n) is 7.97. The second kappa shape index (κ2) is 7.10. The summed E-state index contributed by atoms with van der Waals surface area (Å²) in [5.41, 5.74) is 3.41. The highest BCUT2D eigenvalue weighted by atomic mass is 16.6. The van der Waals surface area contributed by atoms with Crippen LogP contribution in [-0.4, -0.2) is 19.1 Å². The maximum Gasteiger partial charge on any atom is 0.266 e. The van der Waals surface area contributed by atoms with E-state index >= 15 is 0 Å². The first kappa shape index (κ1) is 16.6. The van der Waals surface area contributed by atoms with E-state index in [4.69, 9.17) is 9.47 Å². The molecule has 0 fully saturated rings. The van der Waals surface area contributed by atoms with Gasteiger partial charge in [0, 0.05) is 5.69 Å². The van der Waals surface area contributed by atoms with Gasteiger partial charge < -0.3 is 14.8 Å². The summed E-state index contributed by atoms with van der Waals surface area (Å²) in [6.45, 7) is 4.86. The second-order valence-corrected chi connectivity index (χ2v) is 5.85. The SMILES string of the molecule is Cc1ccc(C)c(NC(=O)/C(C#N)=C\c2ccc3c(c2)OCCO3)c1. The maximum absolute atomic E-state index is 12.4. The van der Waals surface area contributed by atoms with E-state index in [0.29, 0.717) is 36.0 Å². The number of hydrogen-bond acceptors (Lipinski definition) is 4. The number of nitrogens with zero attached hydrogens (tertiary/aromatic N) is 1. The molecule has 126 valence electrons. The van der Waals surface area contributed by atoms with Crippen LogP contribution in [0.25, 0.3) is 6.08 Å². The van der Waals surface area contributed by atoms with Crippen LogP contribution in [0.15, 0.2) is 42.0 Å². The molecular weight excluding hydrogens is 316 g/mol. The van der Waals surface area contributed by atoms with E-state index in [0.717, 1.165) is 11.1 Å². The molecule has 0 saturated heterocycles. The summed E-state index contributed by atoms with van der Waals surface area (Å²) in [4.78, 5) is 12.4. The lowest BCUT2D eigenvalue weighted by Gasteiger charge is -2.18. The van der Waals surface area contributed by atoms with Crippen molar-refractivity contribution in [2.45, 2.75) is 13.8 Å². The molecule has 2 aromatic carbocycles. The topological polar surface area (TPSA) is 71.4 Å². The fourth-order valence-electron chi connectivity index (χ4n) is 2.53. The average molecular weight is 334 g/mol. The zero-order valence-corrected chi connectivity index (χ0v) is 14.1. The van der Waals surface area contributed by atoms with Crippen molar-refractivity contribution in [3.63, 3.8) is 0 Å². The lowest BCUT2D eigenvalue weighted by molar-refractivity contribution is -0.112. The number of hydrogen-bond donors (Lipinski definition) is 1. The Labute approximate surface area is 146 Å². The lowest BCUT2D eigenvalue weighted by Crippen LogP contribution is -2.15. The van der Waals surface area contributed by atoms with E-state index in [1.54, 1.807) is 24.3 Å². The standard InChI is InChI=1S/C20H18N2O3/c1-13-3-4-14(2)17(9-13)22-20(23)16(12-21)10-15-5-6-18-19(11-15)25-8-7-24-18/h3-6,9-11H,7-8H2,1-2H3,(H,22,23)/b16-10-. The number of carbonyl (C=O) groups is 1. The molecule has 0 bridgehead atoms. The van der Waals surface area contributed by atoms with Gasteiger partial charge in [0.1, 0.15) is 24.9 Å². The van der Waals surface area contributed by atoms with Gasteiger partial charge in [-0.1, -0.05) is 18.2 Å². The molecule has 0 aromatic heterocycles. The van der Waals surface area contributed by atoms with Crippen molar-refractivity contribution in [3.05, 3.63) is 58.7 Å². The minimum Gasteiger partial charge on any atom is -0.486 e. The number of aryl methyl sites for hydroxylation is 2. The van der Waals surface area contributed by atoms with Crippen molar-refractivity contribution in [2.24, 2.45) is 0 Å². The molecule has 0 atom stereocenters. The summed E-state index contributed by atoms with van der Waals surface area (Å²) in [5, 5.41) is 12.2. The Balaban J connectivity index is 1.84. The third-order valence-corrected chi connectivity index (χ3v) is 3.88. The van der Waals surface area contributed by atoms with Crippen LogP contribution in [0.4, 0.5) is 5.69 Å².